The van der Waals surface area contributed by atoms with Crippen LogP contribution >= 0.6 is 23.2 Å². The summed E-state index contributed by atoms with van der Waals surface area (Å²) in [6, 6.07) is 11.4. The normalized spacial score (nSPS) is 12.2. The van der Waals surface area contributed by atoms with Gasteiger partial charge in [0.1, 0.15) is 11.5 Å². The Bertz CT molecular complexity index is 906. The van der Waals surface area contributed by atoms with Crippen molar-refractivity contribution in [2.45, 2.75) is 26.4 Å². The molecule has 0 heterocycles. The zero-order valence-electron chi connectivity index (χ0n) is 14.7. The molecule has 1 atom stereocenters. The van der Waals surface area contributed by atoms with E-state index in [1.54, 1.807) is 31.2 Å². The van der Waals surface area contributed by atoms with Crippen LogP contribution in [-0.4, -0.2) is 22.8 Å². The zero-order chi connectivity index (χ0) is 20.0. The zero-order valence-corrected chi connectivity index (χ0v) is 16.2. The summed E-state index contributed by atoms with van der Waals surface area (Å²) in [5, 5.41) is 23.4. The third kappa shape index (κ3) is 5.36. The first kappa shape index (κ1) is 20.6. The minimum atomic E-state index is -0.823. The number of nitrogens with zero attached hydrogens (tertiary/aromatic N) is 2. The summed E-state index contributed by atoms with van der Waals surface area (Å²) in [5.74, 6) is -0.175. The molecule has 0 aliphatic rings. The molecule has 0 aliphatic heterocycles. The molecule has 1 unspecified atom stereocenters. The number of halogens is 2. The fourth-order valence-corrected chi connectivity index (χ4v) is 2.69. The molecular weight excluding hydrogens is 389 g/mol. The highest BCUT2D eigenvalue weighted by atomic mass is 35.5. The van der Waals surface area contributed by atoms with Gasteiger partial charge in [-0.15, -0.1) is 0 Å². The average molecular weight is 406 g/mol. The minimum Gasteiger partial charge on any atom is -0.506 e. The molecule has 2 N–H and O–H groups in total. The van der Waals surface area contributed by atoms with Gasteiger partial charge >= 0.3 is 0 Å². The number of amides is 1. The van der Waals surface area contributed by atoms with E-state index >= 15 is 0 Å². The van der Waals surface area contributed by atoms with Gasteiger partial charge in [0.05, 0.1) is 22.4 Å². The number of hydrogen-bond donors (Lipinski definition) is 2. The Kier molecular flexibility index (Phi) is 7.05. The highest BCUT2D eigenvalue weighted by Gasteiger charge is 2.16. The van der Waals surface area contributed by atoms with Crippen molar-refractivity contribution in [3.8, 4) is 17.6 Å². The number of hydrazone groups is 1. The summed E-state index contributed by atoms with van der Waals surface area (Å²) >= 11 is 11.9. The lowest BCUT2D eigenvalue weighted by Crippen LogP contribution is -2.34. The highest BCUT2D eigenvalue weighted by Crippen LogP contribution is 2.32. The van der Waals surface area contributed by atoms with Crippen LogP contribution in [0.2, 0.25) is 10.0 Å². The predicted octanol–water partition coefficient (Wildman–Crippen LogP) is 4.27. The molecule has 0 saturated heterocycles. The Hall–Kier alpha value is -2.75. The highest BCUT2D eigenvalue weighted by molar-refractivity contribution is 6.36. The monoisotopic (exact) mass is 405 g/mol. The SMILES string of the molecule is CC/C(=N\NC(=O)C(C)Oc1ccc(C#N)cc1)c1cc(Cl)cc(Cl)c1O. The summed E-state index contributed by atoms with van der Waals surface area (Å²) in [5.41, 5.74) is 3.67. The number of benzene rings is 2. The number of nitriles is 1. The Balaban J connectivity index is 2.10. The third-order valence-corrected chi connectivity index (χ3v) is 4.15. The van der Waals surface area contributed by atoms with Crippen LogP contribution < -0.4 is 10.2 Å². The number of hydrogen-bond acceptors (Lipinski definition) is 5. The van der Waals surface area contributed by atoms with Gasteiger partial charge < -0.3 is 9.84 Å². The Morgan fingerprint density at radius 3 is 2.59 bits per heavy atom. The molecule has 0 radical (unpaired) electrons. The topological polar surface area (TPSA) is 94.7 Å². The number of carbonyl (C=O) groups is 1. The van der Waals surface area contributed by atoms with Crippen LogP contribution in [0.5, 0.6) is 11.5 Å². The molecule has 2 aromatic rings. The van der Waals surface area contributed by atoms with Crippen LogP contribution in [0, 0.1) is 11.3 Å². The van der Waals surface area contributed by atoms with E-state index in [-0.39, 0.29) is 10.8 Å². The summed E-state index contributed by atoms with van der Waals surface area (Å²) in [7, 11) is 0. The summed E-state index contributed by atoms with van der Waals surface area (Å²) in [6.45, 7) is 3.39. The molecule has 2 aromatic carbocycles. The van der Waals surface area contributed by atoms with Crippen molar-refractivity contribution in [2.24, 2.45) is 5.10 Å². The molecule has 0 saturated carbocycles. The smallest absolute Gasteiger partial charge is 0.280 e. The van der Waals surface area contributed by atoms with Gasteiger partial charge in [-0.25, -0.2) is 5.43 Å². The van der Waals surface area contributed by atoms with E-state index in [0.717, 1.165) is 0 Å². The second kappa shape index (κ2) is 9.26. The summed E-state index contributed by atoms with van der Waals surface area (Å²) < 4.78 is 5.53. The van der Waals surface area contributed by atoms with Crippen LogP contribution in [-0.2, 0) is 4.79 Å². The van der Waals surface area contributed by atoms with E-state index in [0.29, 0.717) is 34.0 Å². The Morgan fingerprint density at radius 2 is 2.00 bits per heavy atom. The van der Waals surface area contributed by atoms with Gasteiger partial charge in [-0.05, 0) is 49.7 Å². The predicted molar refractivity (Wildman–Crippen MR) is 104 cm³/mol. The van der Waals surface area contributed by atoms with Gasteiger partial charge in [-0.3, -0.25) is 4.79 Å². The van der Waals surface area contributed by atoms with Crippen molar-refractivity contribution in [2.75, 3.05) is 0 Å². The molecule has 27 heavy (non-hydrogen) atoms. The fourth-order valence-electron chi connectivity index (χ4n) is 2.19. The van der Waals surface area contributed by atoms with E-state index in [2.05, 4.69) is 10.5 Å². The first-order valence-corrected chi connectivity index (χ1v) is 8.83. The summed E-state index contributed by atoms with van der Waals surface area (Å²) in [6.07, 6.45) is -0.397. The van der Waals surface area contributed by atoms with Crippen molar-refractivity contribution >= 4 is 34.8 Å². The average Bonchev–Trinajstić information content (AvgIpc) is 2.66. The molecule has 6 nitrogen and oxygen atoms in total. The lowest BCUT2D eigenvalue weighted by molar-refractivity contribution is -0.127. The van der Waals surface area contributed by atoms with Gasteiger partial charge in [-0.1, -0.05) is 30.1 Å². The van der Waals surface area contributed by atoms with Crippen LogP contribution in [0.4, 0.5) is 0 Å². The third-order valence-electron chi connectivity index (χ3n) is 3.64. The molecule has 0 aliphatic carbocycles. The second-order valence-corrected chi connectivity index (χ2v) is 6.41. The van der Waals surface area contributed by atoms with Crippen molar-refractivity contribution in [1.29, 1.82) is 5.26 Å². The van der Waals surface area contributed by atoms with Gasteiger partial charge in [-0.2, -0.15) is 10.4 Å². The van der Waals surface area contributed by atoms with Gasteiger partial charge in [0.25, 0.3) is 5.91 Å². The molecule has 1 amide bonds. The van der Waals surface area contributed by atoms with E-state index in [1.807, 2.05) is 13.0 Å². The molecule has 0 spiro atoms. The standard InChI is InChI=1S/C19H17Cl2N3O3/c1-3-17(15-8-13(20)9-16(21)18(15)25)23-24-19(26)11(2)27-14-6-4-12(10-22)5-7-14/h4-9,11,25H,3H2,1-2H3,(H,24,26)/b23-17+. The number of ether oxygens (including phenoxy) is 1. The molecule has 0 fully saturated rings. The molecule has 2 rings (SSSR count). The van der Waals surface area contributed by atoms with Gasteiger partial charge in [0, 0.05) is 10.6 Å². The van der Waals surface area contributed by atoms with Crippen molar-refractivity contribution < 1.29 is 14.6 Å². The number of rotatable bonds is 6. The Morgan fingerprint density at radius 1 is 1.33 bits per heavy atom. The maximum Gasteiger partial charge on any atom is 0.280 e. The first-order valence-electron chi connectivity index (χ1n) is 8.07. The van der Waals surface area contributed by atoms with E-state index in [9.17, 15) is 9.90 Å². The number of nitrogens with one attached hydrogen (secondary N) is 1. The lowest BCUT2D eigenvalue weighted by Gasteiger charge is -2.14. The van der Waals surface area contributed by atoms with Crippen molar-refractivity contribution in [1.82, 2.24) is 5.43 Å². The number of phenolic OH excluding ortho intramolecular Hbond substituents is 1. The maximum atomic E-state index is 12.2. The summed E-state index contributed by atoms with van der Waals surface area (Å²) in [4.78, 5) is 12.2. The Labute approximate surface area is 167 Å². The molecular formula is C19H17Cl2N3O3. The molecule has 140 valence electrons. The molecule has 0 bridgehead atoms. The van der Waals surface area contributed by atoms with E-state index < -0.39 is 12.0 Å². The van der Waals surface area contributed by atoms with Crippen LogP contribution in [0.15, 0.2) is 41.5 Å². The second-order valence-electron chi connectivity index (χ2n) is 5.57. The fraction of sp³-hybridized carbons (Fsp3) is 0.211. The maximum absolute atomic E-state index is 12.2. The number of phenols is 1. The van der Waals surface area contributed by atoms with Gasteiger partial charge in [0.2, 0.25) is 0 Å². The van der Waals surface area contributed by atoms with E-state index in [1.165, 1.54) is 12.1 Å². The van der Waals surface area contributed by atoms with Crippen molar-refractivity contribution in [3.05, 3.63) is 57.6 Å². The van der Waals surface area contributed by atoms with Crippen LogP contribution in [0.25, 0.3) is 0 Å². The van der Waals surface area contributed by atoms with Crippen molar-refractivity contribution in [3.63, 3.8) is 0 Å². The van der Waals surface area contributed by atoms with Crippen LogP contribution in [0.3, 0.4) is 0 Å². The van der Waals surface area contributed by atoms with E-state index in [4.69, 9.17) is 33.2 Å². The van der Waals surface area contributed by atoms with Crippen LogP contribution in [0.1, 0.15) is 31.4 Å². The number of carbonyl (C=O) groups excluding carboxylic acids is 1. The lowest BCUT2D eigenvalue weighted by atomic mass is 10.1. The number of aromatic hydroxyl groups is 1. The minimum absolute atomic E-state index is 0.0995. The van der Waals surface area contributed by atoms with Gasteiger partial charge in [0.15, 0.2) is 6.10 Å². The molecule has 8 heteroatoms. The molecule has 0 aromatic heterocycles. The first-order chi connectivity index (χ1) is 12.8. The quantitative estimate of drug-likeness (QED) is 0.553. The largest absolute Gasteiger partial charge is 0.506 e.